The molecule has 1 aliphatic heterocycles. The monoisotopic (exact) mass is 415 g/mol. The van der Waals surface area contributed by atoms with Crippen LogP contribution >= 0.6 is 0 Å². The molecule has 1 saturated heterocycles. The van der Waals surface area contributed by atoms with E-state index in [1.165, 1.54) is 37.9 Å². The molecule has 1 aliphatic rings. The zero-order valence-electron chi connectivity index (χ0n) is 17.8. The van der Waals surface area contributed by atoms with Crippen molar-refractivity contribution in [1.29, 1.82) is 0 Å². The summed E-state index contributed by atoms with van der Waals surface area (Å²) in [6, 6.07) is 19.6. The summed E-state index contributed by atoms with van der Waals surface area (Å²) in [6.07, 6.45) is 7.47. The predicted molar refractivity (Wildman–Crippen MR) is 122 cm³/mol. The van der Waals surface area contributed by atoms with Gasteiger partial charge in [0.25, 0.3) is 5.91 Å². The highest BCUT2D eigenvalue weighted by molar-refractivity contribution is 5.94. The fraction of sp³-hybridized carbons (Fsp3) is 0.308. The lowest BCUT2D eigenvalue weighted by Crippen LogP contribution is -2.29. The maximum atomic E-state index is 12.6. The summed E-state index contributed by atoms with van der Waals surface area (Å²) in [7, 11) is 0. The van der Waals surface area contributed by atoms with Crippen molar-refractivity contribution in [3.05, 3.63) is 95.3 Å². The van der Waals surface area contributed by atoms with Crippen molar-refractivity contribution < 1.29 is 9.53 Å². The molecule has 0 bridgehead atoms. The van der Waals surface area contributed by atoms with Gasteiger partial charge in [-0.3, -0.25) is 14.7 Å². The van der Waals surface area contributed by atoms with Crippen molar-refractivity contribution in [1.82, 2.24) is 15.2 Å². The van der Waals surface area contributed by atoms with Crippen molar-refractivity contribution in [2.24, 2.45) is 0 Å². The average molecular weight is 416 g/mol. The van der Waals surface area contributed by atoms with Gasteiger partial charge >= 0.3 is 0 Å². The molecule has 2 heterocycles. The van der Waals surface area contributed by atoms with Crippen molar-refractivity contribution >= 4 is 5.91 Å². The van der Waals surface area contributed by atoms with E-state index >= 15 is 0 Å². The van der Waals surface area contributed by atoms with Gasteiger partial charge in [-0.1, -0.05) is 42.8 Å². The first-order valence-corrected chi connectivity index (χ1v) is 11.0. The summed E-state index contributed by atoms with van der Waals surface area (Å²) in [6.45, 7) is 4.33. The van der Waals surface area contributed by atoms with E-state index in [1.807, 2.05) is 24.3 Å². The molecule has 31 heavy (non-hydrogen) atoms. The summed E-state index contributed by atoms with van der Waals surface area (Å²) < 4.78 is 5.80. The highest BCUT2D eigenvalue weighted by atomic mass is 16.5. The van der Waals surface area contributed by atoms with E-state index in [1.54, 1.807) is 24.5 Å². The fourth-order valence-corrected chi connectivity index (χ4v) is 3.80. The Bertz CT molecular complexity index is 967. The Kier molecular flexibility index (Phi) is 7.29. The first-order valence-electron chi connectivity index (χ1n) is 11.0. The Balaban J connectivity index is 1.27. The van der Waals surface area contributed by atoms with Crippen LogP contribution in [0.1, 0.15) is 46.3 Å². The number of hydrogen-bond donors (Lipinski definition) is 1. The zero-order valence-corrected chi connectivity index (χ0v) is 17.8. The van der Waals surface area contributed by atoms with Gasteiger partial charge in [-0.15, -0.1) is 0 Å². The third-order valence-electron chi connectivity index (χ3n) is 5.56. The van der Waals surface area contributed by atoms with E-state index in [2.05, 4.69) is 39.5 Å². The minimum atomic E-state index is -0.107. The third-order valence-corrected chi connectivity index (χ3v) is 5.56. The second kappa shape index (κ2) is 10.7. The minimum Gasteiger partial charge on any atom is -0.489 e. The number of likely N-dealkylation sites (tertiary alicyclic amines) is 1. The van der Waals surface area contributed by atoms with Gasteiger partial charge < -0.3 is 10.1 Å². The highest BCUT2D eigenvalue weighted by Gasteiger charge is 2.11. The molecule has 0 saturated carbocycles. The van der Waals surface area contributed by atoms with Crippen LogP contribution in [0.3, 0.4) is 0 Å². The number of rotatable bonds is 8. The quantitative estimate of drug-likeness (QED) is 0.585. The van der Waals surface area contributed by atoms with Crippen LogP contribution < -0.4 is 10.1 Å². The summed E-state index contributed by atoms with van der Waals surface area (Å²) in [4.78, 5) is 19.2. The summed E-state index contributed by atoms with van der Waals surface area (Å²) in [5.41, 5.74) is 4.00. The van der Waals surface area contributed by atoms with E-state index in [-0.39, 0.29) is 5.91 Å². The van der Waals surface area contributed by atoms with Gasteiger partial charge in [0.1, 0.15) is 12.4 Å². The van der Waals surface area contributed by atoms with Crippen molar-refractivity contribution in [3.8, 4) is 5.75 Å². The molecule has 4 rings (SSSR count). The molecule has 5 nitrogen and oxygen atoms in total. The number of carbonyl (C=O) groups is 1. The second-order valence-corrected chi connectivity index (χ2v) is 8.01. The molecule has 0 aliphatic carbocycles. The number of carbonyl (C=O) groups excluding carboxylic acids is 1. The standard InChI is InChI=1S/C26H29N3O2/c30-26(24-7-4-8-25(16-24)31-20-23-6-5-13-27-17-23)28-18-21-9-11-22(12-10-21)19-29-14-2-1-3-15-29/h4-13,16-17H,1-3,14-15,18-20H2,(H,28,30). The van der Waals surface area contributed by atoms with Crippen LogP contribution in [0.5, 0.6) is 5.75 Å². The number of piperidine rings is 1. The average Bonchev–Trinajstić information content (AvgIpc) is 2.83. The van der Waals surface area contributed by atoms with Gasteiger partial charge in [-0.2, -0.15) is 0 Å². The Hall–Kier alpha value is -3.18. The van der Waals surface area contributed by atoms with Gasteiger partial charge in [0.05, 0.1) is 0 Å². The molecule has 1 N–H and O–H groups in total. The Morgan fingerprint density at radius 3 is 2.52 bits per heavy atom. The zero-order chi connectivity index (χ0) is 21.3. The molecule has 2 aromatic carbocycles. The van der Waals surface area contributed by atoms with Crippen LogP contribution in [0.2, 0.25) is 0 Å². The van der Waals surface area contributed by atoms with Crippen LogP contribution in [0, 0.1) is 0 Å². The summed E-state index contributed by atoms with van der Waals surface area (Å²) in [5.74, 6) is 0.558. The number of pyridine rings is 1. The van der Waals surface area contributed by atoms with Gasteiger partial charge in [0.15, 0.2) is 0 Å². The number of aromatic nitrogens is 1. The smallest absolute Gasteiger partial charge is 0.251 e. The number of amides is 1. The van der Waals surface area contributed by atoms with Crippen LogP contribution in [0.25, 0.3) is 0 Å². The Morgan fingerprint density at radius 1 is 0.935 bits per heavy atom. The molecule has 1 fully saturated rings. The fourth-order valence-electron chi connectivity index (χ4n) is 3.80. The largest absolute Gasteiger partial charge is 0.489 e. The van der Waals surface area contributed by atoms with Crippen molar-refractivity contribution in [2.45, 2.75) is 39.0 Å². The maximum absolute atomic E-state index is 12.6. The topological polar surface area (TPSA) is 54.5 Å². The Labute approximate surface area is 184 Å². The number of nitrogens with zero attached hydrogens (tertiary/aromatic N) is 2. The number of ether oxygens (including phenoxy) is 1. The van der Waals surface area contributed by atoms with E-state index in [0.29, 0.717) is 24.5 Å². The van der Waals surface area contributed by atoms with E-state index in [9.17, 15) is 4.79 Å². The lowest BCUT2D eigenvalue weighted by Gasteiger charge is -2.26. The molecule has 1 amide bonds. The maximum Gasteiger partial charge on any atom is 0.251 e. The van der Waals surface area contributed by atoms with Gasteiger partial charge in [0.2, 0.25) is 0 Å². The molecular formula is C26H29N3O2. The highest BCUT2D eigenvalue weighted by Crippen LogP contribution is 2.16. The first kappa shape index (κ1) is 21.1. The molecule has 0 radical (unpaired) electrons. The predicted octanol–water partition coefficient (Wildman–Crippen LogP) is 4.58. The van der Waals surface area contributed by atoms with Crippen molar-refractivity contribution in [2.75, 3.05) is 13.1 Å². The van der Waals surface area contributed by atoms with Crippen LogP contribution in [-0.4, -0.2) is 28.9 Å². The van der Waals surface area contributed by atoms with E-state index < -0.39 is 0 Å². The van der Waals surface area contributed by atoms with E-state index in [0.717, 1.165) is 17.7 Å². The van der Waals surface area contributed by atoms with Gasteiger partial charge in [-0.05, 0) is 61.3 Å². The SMILES string of the molecule is O=C(NCc1ccc(CN2CCCCC2)cc1)c1cccc(OCc2cccnc2)c1. The molecule has 5 heteroatoms. The van der Waals surface area contributed by atoms with Crippen LogP contribution in [0.15, 0.2) is 73.1 Å². The number of hydrogen-bond acceptors (Lipinski definition) is 4. The molecular weight excluding hydrogens is 386 g/mol. The van der Waals surface area contributed by atoms with Gasteiger partial charge in [-0.25, -0.2) is 0 Å². The molecule has 0 spiro atoms. The lowest BCUT2D eigenvalue weighted by atomic mass is 10.1. The third kappa shape index (κ3) is 6.40. The second-order valence-electron chi connectivity index (χ2n) is 8.01. The summed E-state index contributed by atoms with van der Waals surface area (Å²) in [5, 5.41) is 3.00. The van der Waals surface area contributed by atoms with E-state index in [4.69, 9.17) is 4.74 Å². The first-order chi connectivity index (χ1) is 15.3. The molecule has 3 aromatic rings. The molecule has 0 atom stereocenters. The molecule has 1 aromatic heterocycles. The van der Waals surface area contributed by atoms with Crippen LogP contribution in [-0.2, 0) is 19.7 Å². The van der Waals surface area contributed by atoms with Crippen LogP contribution in [0.4, 0.5) is 0 Å². The van der Waals surface area contributed by atoms with Gasteiger partial charge in [0, 0.05) is 36.6 Å². The molecule has 160 valence electrons. The lowest BCUT2D eigenvalue weighted by molar-refractivity contribution is 0.0950. The Morgan fingerprint density at radius 2 is 1.74 bits per heavy atom. The number of benzene rings is 2. The summed E-state index contributed by atoms with van der Waals surface area (Å²) >= 11 is 0. The molecule has 0 unspecified atom stereocenters. The van der Waals surface area contributed by atoms with Crippen molar-refractivity contribution in [3.63, 3.8) is 0 Å². The number of nitrogens with one attached hydrogen (secondary N) is 1. The minimum absolute atomic E-state index is 0.107. The normalized spacial score (nSPS) is 14.2.